The van der Waals surface area contributed by atoms with E-state index in [-0.39, 0.29) is 23.9 Å². The van der Waals surface area contributed by atoms with Crippen LogP contribution in [0.5, 0.6) is 0 Å². The Labute approximate surface area is 189 Å². The van der Waals surface area contributed by atoms with Crippen molar-refractivity contribution in [1.29, 1.82) is 0 Å². The van der Waals surface area contributed by atoms with Crippen molar-refractivity contribution in [2.75, 3.05) is 44.7 Å². The normalized spacial score (nSPS) is 15.2. The van der Waals surface area contributed by atoms with E-state index in [1.54, 1.807) is 23.2 Å². The molecule has 0 spiro atoms. The molecule has 0 unspecified atom stereocenters. The van der Waals surface area contributed by atoms with Gasteiger partial charge in [-0.25, -0.2) is 8.42 Å². The Balaban J connectivity index is 1.48. The fraction of sp³-hybridized carbons (Fsp3) is 0.333. The summed E-state index contributed by atoms with van der Waals surface area (Å²) in [7, 11) is -1.70. The Morgan fingerprint density at radius 3 is 2.41 bits per heavy atom. The van der Waals surface area contributed by atoms with Crippen LogP contribution >= 0.6 is 0 Å². The molecule has 1 amide bonds. The average Bonchev–Trinajstić information content (AvgIpc) is 2.82. The number of nitrogens with zero attached hydrogens (tertiary/aromatic N) is 4. The number of benzene rings is 2. The molecule has 0 N–H and O–H groups in total. The van der Waals surface area contributed by atoms with E-state index in [1.807, 2.05) is 50.4 Å². The van der Waals surface area contributed by atoms with Crippen molar-refractivity contribution in [2.45, 2.75) is 18.7 Å². The van der Waals surface area contributed by atoms with Crippen molar-refractivity contribution in [1.82, 2.24) is 14.2 Å². The highest BCUT2D eigenvalue weighted by atomic mass is 32.2. The van der Waals surface area contributed by atoms with Gasteiger partial charge in [0.2, 0.25) is 10.0 Å². The first kappa shape index (κ1) is 22.2. The number of aryl methyl sites for hydroxylation is 1. The van der Waals surface area contributed by atoms with Gasteiger partial charge in [-0.05, 0) is 55.8 Å². The first-order valence-electron chi connectivity index (χ1n) is 10.8. The molecule has 7 nitrogen and oxygen atoms in total. The number of sulfonamides is 1. The molecule has 0 aliphatic carbocycles. The summed E-state index contributed by atoms with van der Waals surface area (Å²) in [6, 6.07) is 14.7. The molecule has 0 radical (unpaired) electrons. The van der Waals surface area contributed by atoms with E-state index in [9.17, 15) is 13.2 Å². The lowest BCUT2D eigenvalue weighted by molar-refractivity contribution is 0.0698. The molecule has 168 valence electrons. The fourth-order valence-electron chi connectivity index (χ4n) is 3.95. The highest BCUT2D eigenvalue weighted by Crippen LogP contribution is 2.26. The number of rotatable bonds is 5. The summed E-state index contributed by atoms with van der Waals surface area (Å²) in [6.07, 6.45) is 1.68. The molecule has 32 heavy (non-hydrogen) atoms. The minimum absolute atomic E-state index is 0.0740. The number of amides is 1. The van der Waals surface area contributed by atoms with Crippen molar-refractivity contribution in [3.8, 4) is 0 Å². The third-order valence-electron chi connectivity index (χ3n) is 5.98. The molecule has 8 heteroatoms. The van der Waals surface area contributed by atoms with E-state index < -0.39 is 10.0 Å². The summed E-state index contributed by atoms with van der Waals surface area (Å²) in [5.74, 6) is -0.0740. The van der Waals surface area contributed by atoms with Gasteiger partial charge in [0.05, 0.1) is 5.52 Å². The second kappa shape index (κ2) is 8.88. The number of para-hydroxylation sites is 1. The van der Waals surface area contributed by atoms with Crippen LogP contribution in [0.4, 0.5) is 5.69 Å². The van der Waals surface area contributed by atoms with Crippen molar-refractivity contribution >= 4 is 32.5 Å². The number of pyridine rings is 1. The Hall–Kier alpha value is -2.97. The summed E-state index contributed by atoms with van der Waals surface area (Å²) >= 11 is 0. The molecule has 3 aromatic rings. The lowest BCUT2D eigenvalue weighted by Crippen LogP contribution is -2.50. The fourth-order valence-corrected chi connectivity index (χ4v) is 5.53. The van der Waals surface area contributed by atoms with E-state index in [0.29, 0.717) is 24.2 Å². The SMILES string of the molecule is CCN(C)c1ccc(C(=O)N2CCN(S(=O)(=O)c3cccc4cc(C)cnc34)CC2)cc1. The van der Waals surface area contributed by atoms with E-state index in [0.717, 1.165) is 23.2 Å². The highest BCUT2D eigenvalue weighted by Gasteiger charge is 2.31. The number of anilines is 1. The maximum atomic E-state index is 13.3. The number of aromatic nitrogens is 1. The third kappa shape index (κ3) is 4.20. The van der Waals surface area contributed by atoms with Gasteiger partial charge < -0.3 is 9.80 Å². The topological polar surface area (TPSA) is 73.8 Å². The average molecular weight is 453 g/mol. The predicted octanol–water partition coefficient (Wildman–Crippen LogP) is 3.15. The molecule has 0 atom stereocenters. The predicted molar refractivity (Wildman–Crippen MR) is 127 cm³/mol. The van der Waals surface area contributed by atoms with Gasteiger partial charge in [-0.15, -0.1) is 0 Å². The molecule has 1 aliphatic heterocycles. The molecule has 1 aromatic heterocycles. The van der Waals surface area contributed by atoms with Crippen LogP contribution in [0.1, 0.15) is 22.8 Å². The Bertz CT molecular complexity index is 1230. The van der Waals surface area contributed by atoms with Crippen LogP contribution in [0.2, 0.25) is 0 Å². The van der Waals surface area contributed by atoms with E-state index >= 15 is 0 Å². The Morgan fingerprint density at radius 1 is 1.06 bits per heavy atom. The molecule has 4 rings (SSSR count). The quantitative estimate of drug-likeness (QED) is 0.595. The largest absolute Gasteiger partial charge is 0.375 e. The number of hydrogen-bond donors (Lipinski definition) is 0. The minimum Gasteiger partial charge on any atom is -0.375 e. The van der Waals surface area contributed by atoms with Crippen LogP contribution in [-0.2, 0) is 10.0 Å². The zero-order valence-electron chi connectivity index (χ0n) is 18.7. The van der Waals surface area contributed by atoms with Crippen LogP contribution in [0, 0.1) is 6.92 Å². The maximum absolute atomic E-state index is 13.3. The molecule has 2 aromatic carbocycles. The molecule has 1 aliphatic rings. The summed E-state index contributed by atoms with van der Waals surface area (Å²) in [4.78, 5) is 21.3. The highest BCUT2D eigenvalue weighted by molar-refractivity contribution is 7.89. The van der Waals surface area contributed by atoms with Gasteiger partial charge in [0.25, 0.3) is 5.91 Å². The van der Waals surface area contributed by atoms with Crippen molar-refractivity contribution in [3.63, 3.8) is 0 Å². The zero-order chi connectivity index (χ0) is 22.9. The van der Waals surface area contributed by atoms with Crippen LogP contribution in [0.25, 0.3) is 10.9 Å². The first-order chi connectivity index (χ1) is 15.3. The van der Waals surface area contributed by atoms with Gasteiger partial charge in [-0.2, -0.15) is 4.31 Å². The number of carbonyl (C=O) groups excluding carboxylic acids is 1. The van der Waals surface area contributed by atoms with Gasteiger partial charge in [0.15, 0.2) is 0 Å². The first-order valence-corrected chi connectivity index (χ1v) is 12.2. The van der Waals surface area contributed by atoms with Crippen molar-refractivity contribution in [2.24, 2.45) is 0 Å². The Morgan fingerprint density at radius 2 is 1.75 bits per heavy atom. The molecule has 2 heterocycles. The number of hydrogen-bond acceptors (Lipinski definition) is 5. The van der Waals surface area contributed by atoms with Crippen LogP contribution < -0.4 is 4.90 Å². The third-order valence-corrected chi connectivity index (χ3v) is 7.91. The van der Waals surface area contributed by atoms with Crippen molar-refractivity contribution in [3.05, 3.63) is 65.9 Å². The van der Waals surface area contributed by atoms with Crippen LogP contribution in [-0.4, -0.2) is 68.3 Å². The maximum Gasteiger partial charge on any atom is 0.253 e. The lowest BCUT2D eigenvalue weighted by atomic mass is 10.1. The Kier molecular flexibility index (Phi) is 6.17. The number of carbonyl (C=O) groups is 1. The molecular formula is C24H28N4O3S. The molecule has 0 bridgehead atoms. The van der Waals surface area contributed by atoms with Gasteiger partial charge in [0.1, 0.15) is 4.90 Å². The summed E-state index contributed by atoms with van der Waals surface area (Å²) in [6.45, 7) is 6.11. The second-order valence-electron chi connectivity index (χ2n) is 8.10. The van der Waals surface area contributed by atoms with Gasteiger partial charge in [-0.3, -0.25) is 9.78 Å². The van der Waals surface area contributed by atoms with Crippen LogP contribution in [0.3, 0.4) is 0 Å². The smallest absolute Gasteiger partial charge is 0.253 e. The van der Waals surface area contributed by atoms with E-state index in [2.05, 4.69) is 16.8 Å². The standard InChI is InChI=1S/C24H28N4O3S/c1-4-26(3)21-10-8-19(9-11-21)24(29)27-12-14-28(15-13-27)32(30,31)22-7-5-6-20-16-18(2)17-25-23(20)22/h5-11,16-17H,4,12-15H2,1-3H3. The van der Waals surface area contributed by atoms with Crippen molar-refractivity contribution < 1.29 is 13.2 Å². The van der Waals surface area contributed by atoms with E-state index in [1.165, 1.54) is 4.31 Å². The summed E-state index contributed by atoms with van der Waals surface area (Å²) < 4.78 is 28.1. The molecule has 0 saturated carbocycles. The van der Waals surface area contributed by atoms with Gasteiger partial charge >= 0.3 is 0 Å². The minimum atomic E-state index is -3.71. The summed E-state index contributed by atoms with van der Waals surface area (Å²) in [5.41, 5.74) is 3.13. The lowest BCUT2D eigenvalue weighted by Gasteiger charge is -2.34. The molecule has 1 saturated heterocycles. The number of piperazine rings is 1. The zero-order valence-corrected chi connectivity index (χ0v) is 19.5. The summed E-state index contributed by atoms with van der Waals surface area (Å²) in [5, 5.41) is 0.803. The van der Waals surface area contributed by atoms with Gasteiger partial charge in [0, 0.05) is 62.6 Å². The van der Waals surface area contributed by atoms with E-state index in [4.69, 9.17) is 0 Å². The van der Waals surface area contributed by atoms with Crippen LogP contribution in [0.15, 0.2) is 59.6 Å². The monoisotopic (exact) mass is 452 g/mol. The van der Waals surface area contributed by atoms with Gasteiger partial charge in [-0.1, -0.05) is 12.1 Å². The number of fused-ring (bicyclic) bond motifs is 1. The molecular weight excluding hydrogens is 424 g/mol. The molecule has 1 fully saturated rings. The second-order valence-corrected chi connectivity index (χ2v) is 10.0.